The minimum atomic E-state index is -0.827. The molecule has 0 saturated carbocycles. The van der Waals surface area contributed by atoms with E-state index >= 15 is 0 Å². The summed E-state index contributed by atoms with van der Waals surface area (Å²) < 4.78 is 1.95. The van der Waals surface area contributed by atoms with E-state index in [2.05, 4.69) is 47.5 Å². The molecule has 1 aromatic carbocycles. The van der Waals surface area contributed by atoms with Gasteiger partial charge in [0.1, 0.15) is 0 Å². The number of allylic oxidation sites excluding steroid dienone is 8. The number of carboxylic acids is 1. The lowest BCUT2D eigenvalue weighted by Crippen LogP contribution is -2.17. The van der Waals surface area contributed by atoms with Crippen LogP contribution in [-0.2, 0) is 24.2 Å². The van der Waals surface area contributed by atoms with E-state index in [1.54, 1.807) is 12.4 Å². The van der Waals surface area contributed by atoms with Gasteiger partial charge in [0.25, 0.3) is 0 Å². The zero-order valence-electron chi connectivity index (χ0n) is 21.7. The molecule has 0 bridgehead atoms. The van der Waals surface area contributed by atoms with Crippen LogP contribution in [0.15, 0.2) is 102 Å². The molecular formula is C32H35N3O2. The summed E-state index contributed by atoms with van der Waals surface area (Å²) in [4.78, 5) is 16.4. The summed E-state index contributed by atoms with van der Waals surface area (Å²) in [7, 11) is 0. The Balaban J connectivity index is 1.60. The molecule has 0 saturated heterocycles. The van der Waals surface area contributed by atoms with Crippen molar-refractivity contribution in [2.75, 3.05) is 0 Å². The molecule has 1 atom stereocenters. The van der Waals surface area contributed by atoms with Crippen molar-refractivity contribution < 1.29 is 9.90 Å². The smallest absolute Gasteiger partial charge is 0.311 e. The molecule has 2 aromatic heterocycles. The van der Waals surface area contributed by atoms with E-state index in [1.807, 2.05) is 54.9 Å². The molecule has 4 rings (SSSR count). The molecule has 1 aliphatic rings. The van der Waals surface area contributed by atoms with Crippen molar-refractivity contribution in [3.05, 3.63) is 131 Å². The number of carboxylic acid groups (broad SMARTS) is 1. The van der Waals surface area contributed by atoms with E-state index in [0.29, 0.717) is 19.4 Å². The molecule has 37 heavy (non-hydrogen) atoms. The van der Waals surface area contributed by atoms with Gasteiger partial charge in [0.2, 0.25) is 0 Å². The van der Waals surface area contributed by atoms with Gasteiger partial charge < -0.3 is 5.11 Å². The third-order valence-electron chi connectivity index (χ3n) is 6.68. The Morgan fingerprint density at radius 3 is 2.73 bits per heavy atom. The van der Waals surface area contributed by atoms with Crippen LogP contribution in [0.5, 0.6) is 0 Å². The summed E-state index contributed by atoms with van der Waals surface area (Å²) in [6.07, 6.45) is 21.0. The van der Waals surface area contributed by atoms with Gasteiger partial charge in [-0.05, 0) is 73.6 Å². The molecule has 1 aliphatic carbocycles. The molecule has 5 heteroatoms. The predicted molar refractivity (Wildman–Crippen MR) is 149 cm³/mol. The number of hydrogen-bond donors (Lipinski definition) is 1. The fourth-order valence-electron chi connectivity index (χ4n) is 4.61. The van der Waals surface area contributed by atoms with Gasteiger partial charge in [-0.2, -0.15) is 5.10 Å². The first-order valence-electron chi connectivity index (χ1n) is 12.9. The van der Waals surface area contributed by atoms with E-state index in [4.69, 9.17) is 5.10 Å². The third-order valence-corrected chi connectivity index (χ3v) is 6.68. The molecule has 2 heterocycles. The first-order valence-corrected chi connectivity index (χ1v) is 12.9. The Kier molecular flexibility index (Phi) is 9.03. The van der Waals surface area contributed by atoms with Crippen LogP contribution in [0, 0.1) is 6.92 Å². The number of nitrogens with zero attached hydrogens (tertiary/aromatic N) is 3. The lowest BCUT2D eigenvalue weighted by atomic mass is 9.93. The number of hydrogen-bond acceptors (Lipinski definition) is 3. The summed E-state index contributed by atoms with van der Waals surface area (Å²) in [6, 6.07) is 13.8. The van der Waals surface area contributed by atoms with Crippen LogP contribution in [0.4, 0.5) is 0 Å². The number of pyridine rings is 1. The van der Waals surface area contributed by atoms with E-state index in [1.165, 1.54) is 11.1 Å². The van der Waals surface area contributed by atoms with Crippen molar-refractivity contribution in [1.82, 2.24) is 14.8 Å². The lowest BCUT2D eigenvalue weighted by molar-refractivity contribution is -0.138. The van der Waals surface area contributed by atoms with Crippen molar-refractivity contribution in [3.8, 4) is 0 Å². The minimum Gasteiger partial charge on any atom is -0.481 e. The molecule has 1 N–H and O–H groups in total. The van der Waals surface area contributed by atoms with E-state index < -0.39 is 11.9 Å². The zero-order valence-corrected chi connectivity index (χ0v) is 21.7. The SMILES string of the molecule is C/C=C(\C=C/C1=CCCC=CC1)Cc1cc(CC(C(=O)O)c2cccc(C)c2)n(Cc2ccncc2)n1. The van der Waals surface area contributed by atoms with Crippen LogP contribution < -0.4 is 0 Å². The number of benzene rings is 1. The van der Waals surface area contributed by atoms with Crippen LogP contribution in [-0.4, -0.2) is 25.8 Å². The molecule has 0 amide bonds. The summed E-state index contributed by atoms with van der Waals surface area (Å²) in [5.74, 6) is -1.47. The van der Waals surface area contributed by atoms with Crippen LogP contribution in [0.1, 0.15) is 60.2 Å². The van der Waals surface area contributed by atoms with E-state index in [9.17, 15) is 9.90 Å². The highest BCUT2D eigenvalue weighted by molar-refractivity contribution is 5.76. The molecule has 0 radical (unpaired) electrons. The first kappa shape index (κ1) is 26.1. The maximum atomic E-state index is 12.3. The van der Waals surface area contributed by atoms with Gasteiger partial charge in [0.15, 0.2) is 0 Å². The van der Waals surface area contributed by atoms with Gasteiger partial charge in [-0.25, -0.2) is 0 Å². The number of carbonyl (C=O) groups is 1. The molecule has 0 spiro atoms. The highest BCUT2D eigenvalue weighted by atomic mass is 16.4. The standard InChI is InChI=1S/C32H35N3O2/c1-3-25(13-14-26-10-6-4-5-7-11-26)20-29-21-30(35(34-29)23-27-15-17-33-18-16-27)22-31(32(36)37)28-12-8-9-24(2)19-28/h3-4,6,8-9,11-19,21,31H,5,7,10,20,22-23H2,1-2H3,(H,36,37)/b14-13-,25-3+. The van der Waals surface area contributed by atoms with Crippen molar-refractivity contribution >= 4 is 5.97 Å². The van der Waals surface area contributed by atoms with Crippen molar-refractivity contribution in [3.63, 3.8) is 0 Å². The summed E-state index contributed by atoms with van der Waals surface area (Å²) >= 11 is 0. The van der Waals surface area contributed by atoms with Gasteiger partial charge >= 0.3 is 5.97 Å². The molecule has 1 unspecified atom stereocenters. The molecule has 0 fully saturated rings. The Labute approximate surface area is 219 Å². The van der Waals surface area contributed by atoms with E-state index in [0.717, 1.165) is 47.3 Å². The fourth-order valence-corrected chi connectivity index (χ4v) is 4.61. The highest BCUT2D eigenvalue weighted by Crippen LogP contribution is 2.24. The summed E-state index contributed by atoms with van der Waals surface area (Å²) in [6.45, 7) is 4.61. The van der Waals surface area contributed by atoms with Gasteiger partial charge in [0.05, 0.1) is 18.2 Å². The van der Waals surface area contributed by atoms with Crippen LogP contribution in [0.3, 0.4) is 0 Å². The maximum absolute atomic E-state index is 12.3. The number of aromatic nitrogens is 3. The molecule has 3 aromatic rings. The van der Waals surface area contributed by atoms with Crippen molar-refractivity contribution in [2.45, 2.75) is 58.4 Å². The molecule has 190 valence electrons. The quantitative estimate of drug-likeness (QED) is 0.250. The Bertz CT molecular complexity index is 1330. The van der Waals surface area contributed by atoms with Gasteiger partial charge in [0, 0.05) is 30.9 Å². The largest absolute Gasteiger partial charge is 0.481 e. The highest BCUT2D eigenvalue weighted by Gasteiger charge is 2.23. The minimum absolute atomic E-state index is 0.372. The monoisotopic (exact) mass is 493 g/mol. The van der Waals surface area contributed by atoms with Crippen LogP contribution >= 0.6 is 0 Å². The Hall–Kier alpha value is -3.99. The number of aryl methyl sites for hydroxylation is 1. The lowest BCUT2D eigenvalue weighted by Gasteiger charge is -2.15. The molecular weight excluding hydrogens is 458 g/mol. The average Bonchev–Trinajstić information content (AvgIpc) is 3.08. The summed E-state index contributed by atoms with van der Waals surface area (Å²) in [5.41, 5.74) is 7.31. The number of rotatable bonds is 10. The zero-order chi connectivity index (χ0) is 26.0. The summed E-state index contributed by atoms with van der Waals surface area (Å²) in [5, 5.41) is 15.0. The maximum Gasteiger partial charge on any atom is 0.311 e. The predicted octanol–water partition coefficient (Wildman–Crippen LogP) is 6.76. The Morgan fingerprint density at radius 2 is 1.97 bits per heavy atom. The third kappa shape index (κ3) is 7.50. The molecule has 0 aliphatic heterocycles. The second-order valence-corrected chi connectivity index (χ2v) is 9.55. The second-order valence-electron chi connectivity index (χ2n) is 9.55. The van der Waals surface area contributed by atoms with Crippen LogP contribution in [0.2, 0.25) is 0 Å². The normalized spacial score (nSPS) is 15.0. The van der Waals surface area contributed by atoms with Gasteiger partial charge in [-0.1, -0.05) is 66.3 Å². The van der Waals surface area contributed by atoms with Gasteiger partial charge in [-0.3, -0.25) is 14.5 Å². The Morgan fingerprint density at radius 1 is 1.14 bits per heavy atom. The number of aliphatic carboxylic acids is 1. The average molecular weight is 494 g/mol. The van der Waals surface area contributed by atoms with E-state index in [-0.39, 0.29) is 0 Å². The van der Waals surface area contributed by atoms with Gasteiger partial charge in [-0.15, -0.1) is 0 Å². The van der Waals surface area contributed by atoms with Crippen molar-refractivity contribution in [2.24, 2.45) is 0 Å². The van der Waals surface area contributed by atoms with Crippen LogP contribution in [0.25, 0.3) is 0 Å². The second kappa shape index (κ2) is 12.8. The first-order chi connectivity index (χ1) is 18.0. The fraction of sp³-hybridized carbons (Fsp3) is 0.281. The molecule has 5 nitrogen and oxygen atoms in total. The topological polar surface area (TPSA) is 68.0 Å². The van der Waals surface area contributed by atoms with Crippen molar-refractivity contribution in [1.29, 1.82) is 0 Å².